The summed E-state index contributed by atoms with van der Waals surface area (Å²) in [6, 6.07) is 7.76. The van der Waals surface area contributed by atoms with E-state index < -0.39 is 0 Å². The van der Waals surface area contributed by atoms with E-state index in [0.29, 0.717) is 23.6 Å². The Morgan fingerprint density at radius 3 is 2.73 bits per heavy atom. The maximum atomic E-state index is 12.8. The lowest BCUT2D eigenvalue weighted by molar-refractivity contribution is 0.109. The molecule has 0 unspecified atom stereocenters. The molecule has 1 saturated heterocycles. The quantitative estimate of drug-likeness (QED) is 0.848. The van der Waals surface area contributed by atoms with Crippen molar-refractivity contribution in [3.8, 4) is 17.0 Å². The lowest BCUT2D eigenvalue weighted by atomic mass is 9.82. The minimum absolute atomic E-state index is 0.111. The van der Waals surface area contributed by atoms with Crippen molar-refractivity contribution in [3.63, 3.8) is 0 Å². The van der Waals surface area contributed by atoms with Gasteiger partial charge in [0.2, 0.25) is 5.88 Å². The van der Waals surface area contributed by atoms with Crippen LogP contribution in [0.1, 0.15) is 31.9 Å². The SMILES string of the molecule is COc1ccc(-c2cc3n(c(=O)c2)C[C@H]2C[C@@H]3CN(CC(C)C)C2)cn1. The largest absolute Gasteiger partial charge is 0.481 e. The number of pyridine rings is 2. The minimum atomic E-state index is 0.111. The first kappa shape index (κ1) is 17.3. The molecule has 2 aromatic heterocycles. The molecule has 5 nitrogen and oxygen atoms in total. The van der Waals surface area contributed by atoms with E-state index >= 15 is 0 Å². The molecule has 0 aromatic carbocycles. The molecule has 2 atom stereocenters. The smallest absolute Gasteiger partial charge is 0.251 e. The predicted molar refractivity (Wildman–Crippen MR) is 103 cm³/mol. The Kier molecular flexibility index (Phi) is 4.57. The van der Waals surface area contributed by atoms with Crippen LogP contribution < -0.4 is 10.3 Å². The Balaban J connectivity index is 1.68. The van der Waals surface area contributed by atoms with E-state index in [1.807, 2.05) is 16.7 Å². The number of ether oxygens (including phenoxy) is 1. The molecule has 138 valence electrons. The third kappa shape index (κ3) is 3.28. The molecule has 4 heterocycles. The first-order valence-corrected chi connectivity index (χ1v) is 9.51. The van der Waals surface area contributed by atoms with E-state index in [1.165, 1.54) is 12.1 Å². The summed E-state index contributed by atoms with van der Waals surface area (Å²) >= 11 is 0. The number of nitrogens with zero attached hydrogens (tertiary/aromatic N) is 3. The summed E-state index contributed by atoms with van der Waals surface area (Å²) in [7, 11) is 1.61. The van der Waals surface area contributed by atoms with Gasteiger partial charge in [0.05, 0.1) is 7.11 Å². The van der Waals surface area contributed by atoms with Crippen molar-refractivity contribution < 1.29 is 4.74 Å². The molecule has 0 N–H and O–H groups in total. The van der Waals surface area contributed by atoms with Gasteiger partial charge in [-0.3, -0.25) is 4.79 Å². The molecule has 0 aliphatic carbocycles. The zero-order chi connectivity index (χ0) is 18.3. The Bertz CT molecular complexity index is 841. The first-order valence-electron chi connectivity index (χ1n) is 9.51. The van der Waals surface area contributed by atoms with E-state index in [0.717, 1.165) is 37.3 Å². The molecule has 2 aromatic rings. The molecule has 0 spiro atoms. The molecule has 0 radical (unpaired) electrons. The molecule has 26 heavy (non-hydrogen) atoms. The topological polar surface area (TPSA) is 47.4 Å². The van der Waals surface area contributed by atoms with Gasteiger partial charge in [0.1, 0.15) is 0 Å². The fourth-order valence-electron chi connectivity index (χ4n) is 4.56. The number of hydrogen-bond acceptors (Lipinski definition) is 4. The van der Waals surface area contributed by atoms with Gasteiger partial charge in [-0.1, -0.05) is 13.8 Å². The van der Waals surface area contributed by atoms with Crippen LogP contribution in [0, 0.1) is 11.8 Å². The van der Waals surface area contributed by atoms with Gasteiger partial charge >= 0.3 is 0 Å². The van der Waals surface area contributed by atoms with Gasteiger partial charge in [0, 0.05) is 61.7 Å². The van der Waals surface area contributed by atoms with Gasteiger partial charge in [-0.2, -0.15) is 0 Å². The summed E-state index contributed by atoms with van der Waals surface area (Å²) in [6.45, 7) is 8.71. The van der Waals surface area contributed by atoms with Crippen LogP contribution in [0.15, 0.2) is 35.3 Å². The third-order valence-electron chi connectivity index (χ3n) is 5.53. The number of aromatic nitrogens is 2. The van der Waals surface area contributed by atoms with Crippen molar-refractivity contribution in [1.82, 2.24) is 14.5 Å². The second-order valence-corrected chi connectivity index (χ2v) is 8.12. The van der Waals surface area contributed by atoms with Crippen LogP contribution in [-0.2, 0) is 6.54 Å². The maximum Gasteiger partial charge on any atom is 0.251 e. The van der Waals surface area contributed by atoms with Crippen LogP contribution >= 0.6 is 0 Å². The molecule has 0 saturated carbocycles. The van der Waals surface area contributed by atoms with Crippen molar-refractivity contribution in [2.24, 2.45) is 11.8 Å². The highest BCUT2D eigenvalue weighted by atomic mass is 16.5. The van der Waals surface area contributed by atoms with Crippen LogP contribution in [0.5, 0.6) is 5.88 Å². The second kappa shape index (κ2) is 6.88. The molecule has 2 aliphatic rings. The van der Waals surface area contributed by atoms with Gasteiger partial charge in [-0.25, -0.2) is 4.98 Å². The highest BCUT2D eigenvalue weighted by molar-refractivity contribution is 5.63. The van der Waals surface area contributed by atoms with Gasteiger partial charge in [0.15, 0.2) is 0 Å². The van der Waals surface area contributed by atoms with Crippen molar-refractivity contribution in [3.05, 3.63) is 46.5 Å². The predicted octanol–water partition coefficient (Wildman–Crippen LogP) is 2.99. The van der Waals surface area contributed by atoms with Crippen molar-refractivity contribution in [1.29, 1.82) is 0 Å². The number of piperidine rings is 1. The fourth-order valence-corrected chi connectivity index (χ4v) is 4.56. The highest BCUT2D eigenvalue weighted by Crippen LogP contribution is 2.36. The summed E-state index contributed by atoms with van der Waals surface area (Å²) in [4.78, 5) is 19.6. The van der Waals surface area contributed by atoms with Gasteiger partial charge in [-0.15, -0.1) is 0 Å². The zero-order valence-corrected chi connectivity index (χ0v) is 15.8. The van der Waals surface area contributed by atoms with Gasteiger partial charge in [0.25, 0.3) is 5.56 Å². The lowest BCUT2D eigenvalue weighted by Gasteiger charge is -2.43. The van der Waals surface area contributed by atoms with Crippen molar-refractivity contribution in [2.75, 3.05) is 26.7 Å². The summed E-state index contributed by atoms with van der Waals surface area (Å²) in [5.74, 6) is 2.29. The van der Waals surface area contributed by atoms with E-state index in [1.54, 1.807) is 19.4 Å². The van der Waals surface area contributed by atoms with Crippen LogP contribution in [0.3, 0.4) is 0 Å². The van der Waals surface area contributed by atoms with Crippen LogP contribution in [-0.4, -0.2) is 41.2 Å². The average Bonchev–Trinajstić information content (AvgIpc) is 2.62. The highest BCUT2D eigenvalue weighted by Gasteiger charge is 2.34. The monoisotopic (exact) mass is 353 g/mol. The second-order valence-electron chi connectivity index (χ2n) is 8.12. The number of fused-ring (bicyclic) bond motifs is 4. The van der Waals surface area contributed by atoms with E-state index in [-0.39, 0.29) is 5.56 Å². The Morgan fingerprint density at radius 1 is 1.19 bits per heavy atom. The molecule has 2 bridgehead atoms. The Morgan fingerprint density at radius 2 is 2.04 bits per heavy atom. The van der Waals surface area contributed by atoms with Gasteiger partial charge < -0.3 is 14.2 Å². The van der Waals surface area contributed by atoms with Gasteiger partial charge in [-0.05, 0) is 36.0 Å². The van der Waals surface area contributed by atoms with E-state index in [2.05, 4.69) is 29.8 Å². The lowest BCUT2D eigenvalue weighted by Crippen LogP contribution is -2.48. The number of methoxy groups -OCH3 is 1. The standard InChI is InChI=1S/C21H27N3O2/c1-14(2)10-23-11-15-6-18(13-23)19-7-17(8-21(25)24(19)12-15)16-4-5-20(26-3)22-9-16/h4-5,7-9,14-15,18H,6,10-13H2,1-3H3/t15-,18+/m0/s1. The molecule has 1 fully saturated rings. The zero-order valence-electron chi connectivity index (χ0n) is 15.8. The van der Waals surface area contributed by atoms with Crippen molar-refractivity contribution in [2.45, 2.75) is 32.7 Å². The van der Waals surface area contributed by atoms with Crippen molar-refractivity contribution >= 4 is 0 Å². The molecule has 0 amide bonds. The third-order valence-corrected chi connectivity index (χ3v) is 5.53. The number of rotatable bonds is 4. The molecular formula is C21H27N3O2. The summed E-state index contributed by atoms with van der Waals surface area (Å²) in [5.41, 5.74) is 3.22. The minimum Gasteiger partial charge on any atom is -0.481 e. The molecular weight excluding hydrogens is 326 g/mol. The molecule has 2 aliphatic heterocycles. The molecule has 4 rings (SSSR count). The summed E-state index contributed by atoms with van der Waals surface area (Å²) < 4.78 is 7.14. The molecule has 5 heteroatoms. The van der Waals surface area contributed by atoms with E-state index in [9.17, 15) is 4.79 Å². The van der Waals surface area contributed by atoms with Crippen LogP contribution in [0.25, 0.3) is 11.1 Å². The Labute approximate surface area is 154 Å². The average molecular weight is 353 g/mol. The van der Waals surface area contributed by atoms with E-state index in [4.69, 9.17) is 4.74 Å². The first-order chi connectivity index (χ1) is 12.5. The van der Waals surface area contributed by atoms with Crippen LogP contribution in [0.4, 0.5) is 0 Å². The van der Waals surface area contributed by atoms with Crippen LogP contribution in [0.2, 0.25) is 0 Å². The number of likely N-dealkylation sites (tertiary alicyclic amines) is 1. The Hall–Kier alpha value is -2.14. The number of hydrogen-bond donors (Lipinski definition) is 0. The summed E-state index contributed by atoms with van der Waals surface area (Å²) in [5, 5.41) is 0. The summed E-state index contributed by atoms with van der Waals surface area (Å²) in [6.07, 6.45) is 2.97. The normalized spacial score (nSPS) is 22.3. The maximum absolute atomic E-state index is 12.8. The fraction of sp³-hybridized carbons (Fsp3) is 0.524.